The molecule has 3 aromatic carbocycles. The lowest BCUT2D eigenvalue weighted by molar-refractivity contribution is -0.144. The van der Waals surface area contributed by atoms with Crippen LogP contribution in [0.25, 0.3) is 0 Å². The molecule has 0 bridgehead atoms. The number of halogens is 2. The predicted octanol–water partition coefficient (Wildman–Crippen LogP) is 3.56. The van der Waals surface area contributed by atoms with Crippen LogP contribution < -0.4 is 4.72 Å². The van der Waals surface area contributed by atoms with E-state index in [4.69, 9.17) is 4.74 Å². The van der Waals surface area contributed by atoms with E-state index in [2.05, 4.69) is 0 Å². The first-order valence-corrected chi connectivity index (χ1v) is 11.0. The summed E-state index contributed by atoms with van der Waals surface area (Å²) < 4.78 is 58.4. The van der Waals surface area contributed by atoms with E-state index in [1.165, 1.54) is 12.1 Å². The number of benzene rings is 3. The van der Waals surface area contributed by atoms with Crippen molar-refractivity contribution in [2.75, 3.05) is 4.72 Å². The summed E-state index contributed by atoms with van der Waals surface area (Å²) in [6.45, 7) is -0.00297. The highest BCUT2D eigenvalue weighted by molar-refractivity contribution is 7.92. The molecule has 3 rings (SSSR count). The summed E-state index contributed by atoms with van der Waals surface area (Å²) in [6.07, 6.45) is -0.0255. The van der Waals surface area contributed by atoms with Crippen LogP contribution in [0.3, 0.4) is 0 Å². The van der Waals surface area contributed by atoms with Crippen molar-refractivity contribution in [2.24, 2.45) is 0 Å². The molecule has 0 aliphatic heterocycles. The fourth-order valence-corrected chi connectivity index (χ4v) is 4.00. The number of ether oxygens (including phenoxy) is 1. The van der Waals surface area contributed by atoms with Crippen LogP contribution in [0.15, 0.2) is 59.5 Å². The molecule has 0 aliphatic rings. The van der Waals surface area contributed by atoms with Gasteiger partial charge in [0, 0.05) is 12.5 Å². The zero-order valence-corrected chi connectivity index (χ0v) is 17.8. The van der Waals surface area contributed by atoms with Crippen molar-refractivity contribution in [3.8, 4) is 17.2 Å². The van der Waals surface area contributed by atoms with E-state index in [0.717, 1.165) is 12.1 Å². The van der Waals surface area contributed by atoms with Crippen LogP contribution in [-0.4, -0.2) is 29.7 Å². The number of esters is 1. The molecule has 0 radical (unpaired) electrons. The van der Waals surface area contributed by atoms with E-state index in [0.29, 0.717) is 29.3 Å². The van der Waals surface area contributed by atoms with Gasteiger partial charge in [-0.25, -0.2) is 17.2 Å². The Kier molecular flexibility index (Phi) is 7.02. The molecule has 0 aromatic heterocycles. The van der Waals surface area contributed by atoms with Crippen LogP contribution in [-0.2, 0) is 32.6 Å². The summed E-state index contributed by atoms with van der Waals surface area (Å²) in [4.78, 5) is 11.2. The van der Waals surface area contributed by atoms with E-state index >= 15 is 0 Å². The second kappa shape index (κ2) is 9.74. The average Bonchev–Trinajstić information content (AvgIpc) is 2.74. The number of anilines is 1. The number of hydrogen-bond donors (Lipinski definition) is 4. The Morgan fingerprint density at radius 1 is 0.879 bits per heavy atom. The van der Waals surface area contributed by atoms with Gasteiger partial charge in [0.25, 0.3) is 10.0 Å². The lowest BCUT2D eigenvalue weighted by Gasteiger charge is -2.13. The molecule has 174 valence electrons. The van der Waals surface area contributed by atoms with Gasteiger partial charge in [-0.05, 0) is 53.9 Å². The fourth-order valence-electron chi connectivity index (χ4n) is 2.87. The largest absolute Gasteiger partial charge is 0.508 e. The highest BCUT2D eigenvalue weighted by Gasteiger charge is 2.21. The molecule has 0 atom stereocenters. The molecular weight excluding hydrogens is 460 g/mol. The van der Waals surface area contributed by atoms with Crippen LogP contribution in [0.2, 0.25) is 0 Å². The number of rotatable bonds is 8. The zero-order valence-electron chi connectivity index (χ0n) is 17.0. The van der Waals surface area contributed by atoms with Crippen LogP contribution >= 0.6 is 0 Å². The van der Waals surface area contributed by atoms with E-state index < -0.39 is 49.7 Å². The van der Waals surface area contributed by atoms with Crippen molar-refractivity contribution in [1.29, 1.82) is 0 Å². The highest BCUT2D eigenvalue weighted by atomic mass is 32.2. The number of phenols is 3. The Bertz CT molecular complexity index is 1240. The topological polar surface area (TPSA) is 133 Å². The van der Waals surface area contributed by atoms with Gasteiger partial charge in [0.2, 0.25) is 0 Å². The van der Waals surface area contributed by atoms with Crippen molar-refractivity contribution in [2.45, 2.75) is 24.3 Å². The molecule has 33 heavy (non-hydrogen) atoms. The minimum absolute atomic E-state index is 0.00297. The Morgan fingerprint density at radius 3 is 2.03 bits per heavy atom. The van der Waals surface area contributed by atoms with Crippen LogP contribution in [0.1, 0.15) is 17.5 Å². The Labute approximate surface area is 187 Å². The van der Waals surface area contributed by atoms with E-state index in [1.54, 1.807) is 12.1 Å². The monoisotopic (exact) mass is 479 g/mol. The highest BCUT2D eigenvalue weighted by Crippen LogP contribution is 2.36. The molecule has 8 nitrogen and oxygen atoms in total. The molecule has 0 saturated heterocycles. The van der Waals surface area contributed by atoms with Crippen LogP contribution in [0, 0.1) is 11.6 Å². The number of sulfonamides is 1. The third-order valence-corrected chi connectivity index (χ3v) is 5.82. The van der Waals surface area contributed by atoms with Crippen molar-refractivity contribution in [3.63, 3.8) is 0 Å². The van der Waals surface area contributed by atoms with E-state index in [-0.39, 0.29) is 25.2 Å². The van der Waals surface area contributed by atoms with Crippen molar-refractivity contribution < 1.29 is 42.0 Å². The molecular formula is C22H19F2NO7S. The first-order valence-electron chi connectivity index (χ1n) is 9.51. The van der Waals surface area contributed by atoms with Gasteiger partial charge in [-0.3, -0.25) is 9.52 Å². The maximum Gasteiger partial charge on any atom is 0.306 e. The van der Waals surface area contributed by atoms with Gasteiger partial charge in [-0.1, -0.05) is 12.1 Å². The SMILES string of the molecule is O=C(CCc1cc(O)c(NS(=O)(=O)c2cc(F)cc(F)c2)c(O)c1)OCc1ccc(O)cc1. The van der Waals surface area contributed by atoms with Gasteiger partial charge in [-0.2, -0.15) is 0 Å². The van der Waals surface area contributed by atoms with Gasteiger partial charge in [-0.15, -0.1) is 0 Å². The molecule has 0 saturated carbocycles. The summed E-state index contributed by atoms with van der Waals surface area (Å²) in [5, 5.41) is 29.6. The maximum absolute atomic E-state index is 13.3. The molecule has 11 heteroatoms. The van der Waals surface area contributed by atoms with E-state index in [1.807, 2.05) is 4.72 Å². The second-order valence-electron chi connectivity index (χ2n) is 7.05. The number of aromatic hydroxyl groups is 3. The van der Waals surface area contributed by atoms with Crippen molar-refractivity contribution >= 4 is 21.7 Å². The number of nitrogens with one attached hydrogen (secondary N) is 1. The van der Waals surface area contributed by atoms with Crippen LogP contribution in [0.4, 0.5) is 14.5 Å². The average molecular weight is 479 g/mol. The lowest BCUT2D eigenvalue weighted by Crippen LogP contribution is -2.14. The third-order valence-electron chi connectivity index (χ3n) is 4.49. The van der Waals surface area contributed by atoms with Gasteiger partial charge >= 0.3 is 5.97 Å². The molecule has 0 heterocycles. The normalized spacial score (nSPS) is 11.2. The fraction of sp³-hybridized carbons (Fsp3) is 0.136. The maximum atomic E-state index is 13.3. The predicted molar refractivity (Wildman–Crippen MR) is 113 cm³/mol. The summed E-state index contributed by atoms with van der Waals surface area (Å²) >= 11 is 0. The van der Waals surface area contributed by atoms with E-state index in [9.17, 15) is 37.3 Å². The summed E-state index contributed by atoms with van der Waals surface area (Å²) in [7, 11) is -4.52. The molecule has 0 spiro atoms. The first-order chi connectivity index (χ1) is 15.5. The van der Waals surface area contributed by atoms with Gasteiger partial charge < -0.3 is 20.1 Å². The smallest absolute Gasteiger partial charge is 0.306 e. The van der Waals surface area contributed by atoms with Gasteiger partial charge in [0.1, 0.15) is 41.2 Å². The van der Waals surface area contributed by atoms with Crippen molar-refractivity contribution in [1.82, 2.24) is 0 Å². The molecule has 4 N–H and O–H groups in total. The third kappa shape index (κ3) is 6.32. The first kappa shape index (κ1) is 23.8. The standard InChI is InChI=1S/C22H19F2NO7S/c23-15-9-16(24)11-18(10-15)33(30,31)25-22-19(27)7-14(8-20(22)28)3-6-21(29)32-12-13-1-4-17(26)5-2-13/h1-2,4-5,7-11,25-28H,3,6,12H2. The number of aryl methyl sites for hydroxylation is 1. The second-order valence-corrected chi connectivity index (χ2v) is 8.73. The van der Waals surface area contributed by atoms with Crippen molar-refractivity contribution in [3.05, 3.63) is 77.4 Å². The van der Waals surface area contributed by atoms with Crippen LogP contribution in [0.5, 0.6) is 17.2 Å². The molecule has 3 aromatic rings. The number of hydrogen-bond acceptors (Lipinski definition) is 7. The molecule has 0 amide bonds. The lowest BCUT2D eigenvalue weighted by atomic mass is 10.1. The van der Waals surface area contributed by atoms with Gasteiger partial charge in [0.05, 0.1) is 4.90 Å². The summed E-state index contributed by atoms with van der Waals surface area (Å²) in [6, 6.07) is 10.0. The Balaban J connectivity index is 1.64. The molecule has 0 unspecified atom stereocenters. The minimum Gasteiger partial charge on any atom is -0.508 e. The minimum atomic E-state index is -4.52. The number of carbonyl (C=O) groups is 1. The summed E-state index contributed by atoms with van der Waals surface area (Å²) in [5.74, 6) is -4.00. The Morgan fingerprint density at radius 2 is 1.45 bits per heavy atom. The number of phenolic OH excluding ortho intramolecular Hbond substituents is 3. The Hall–Kier alpha value is -3.86. The van der Waals surface area contributed by atoms with Gasteiger partial charge in [0.15, 0.2) is 0 Å². The quantitative estimate of drug-likeness (QED) is 0.287. The summed E-state index contributed by atoms with van der Waals surface area (Å²) in [5.41, 5.74) is 0.399. The molecule has 0 aliphatic carbocycles. The number of carbonyl (C=O) groups excluding carboxylic acids is 1. The zero-order chi connectivity index (χ0) is 24.2. The molecule has 0 fully saturated rings.